The number of allylic oxidation sites excluding steroid dienone is 10. The van der Waals surface area contributed by atoms with E-state index in [2.05, 4.69) is 81.5 Å². The molecular weight excluding hydrogens is 805 g/mol. The molecular formula is C59H104O6. The SMILES string of the molecule is CCCCCC/C=C\CCCCCCCCCC(=O)OC[C@@H](COC(=O)CCC/C=C\C/C=C\C/C=C\CCCCCCCC)OC(=O)CCCCCCC/C=C\CCCCCCCC. The minimum absolute atomic E-state index is 0.0947. The Morgan fingerprint density at radius 2 is 0.569 bits per heavy atom. The predicted molar refractivity (Wildman–Crippen MR) is 279 cm³/mol. The van der Waals surface area contributed by atoms with Crippen LogP contribution < -0.4 is 0 Å². The second kappa shape index (κ2) is 53.7. The molecule has 0 aromatic carbocycles. The first-order valence-electron chi connectivity index (χ1n) is 27.8. The van der Waals surface area contributed by atoms with Crippen molar-refractivity contribution in [1.29, 1.82) is 0 Å². The molecule has 0 aromatic rings. The van der Waals surface area contributed by atoms with Gasteiger partial charge in [-0.15, -0.1) is 0 Å². The van der Waals surface area contributed by atoms with Crippen LogP contribution in [-0.2, 0) is 28.6 Å². The highest BCUT2D eigenvalue weighted by atomic mass is 16.6. The molecule has 0 rings (SSSR count). The molecule has 65 heavy (non-hydrogen) atoms. The summed E-state index contributed by atoms with van der Waals surface area (Å²) >= 11 is 0. The summed E-state index contributed by atoms with van der Waals surface area (Å²) < 4.78 is 16.8. The molecule has 0 aliphatic rings. The molecule has 6 heteroatoms. The van der Waals surface area contributed by atoms with Crippen molar-refractivity contribution in [3.63, 3.8) is 0 Å². The van der Waals surface area contributed by atoms with Crippen LogP contribution in [0.25, 0.3) is 0 Å². The van der Waals surface area contributed by atoms with Gasteiger partial charge in [-0.25, -0.2) is 0 Å². The van der Waals surface area contributed by atoms with Crippen molar-refractivity contribution >= 4 is 17.9 Å². The number of ether oxygens (including phenoxy) is 3. The number of unbranched alkanes of at least 4 members (excludes halogenated alkanes) is 29. The van der Waals surface area contributed by atoms with Gasteiger partial charge < -0.3 is 14.2 Å². The largest absolute Gasteiger partial charge is 0.462 e. The maximum absolute atomic E-state index is 12.8. The lowest BCUT2D eigenvalue weighted by Crippen LogP contribution is -2.30. The predicted octanol–water partition coefficient (Wildman–Crippen LogP) is 18.4. The van der Waals surface area contributed by atoms with Gasteiger partial charge in [0.15, 0.2) is 6.10 Å². The summed E-state index contributed by atoms with van der Waals surface area (Å²) in [5, 5.41) is 0. The van der Waals surface area contributed by atoms with E-state index in [1.54, 1.807) is 0 Å². The fourth-order valence-electron chi connectivity index (χ4n) is 7.74. The molecule has 0 heterocycles. The van der Waals surface area contributed by atoms with Crippen molar-refractivity contribution in [2.45, 2.75) is 284 Å². The van der Waals surface area contributed by atoms with Crippen molar-refractivity contribution < 1.29 is 28.6 Å². The van der Waals surface area contributed by atoms with E-state index in [0.29, 0.717) is 19.3 Å². The van der Waals surface area contributed by atoms with E-state index in [4.69, 9.17) is 14.2 Å². The summed E-state index contributed by atoms with van der Waals surface area (Å²) in [5.41, 5.74) is 0. The number of carbonyl (C=O) groups is 3. The third-order valence-electron chi connectivity index (χ3n) is 12.0. The highest BCUT2D eigenvalue weighted by Crippen LogP contribution is 2.14. The lowest BCUT2D eigenvalue weighted by atomic mass is 10.1. The zero-order valence-electron chi connectivity index (χ0n) is 43.0. The number of rotatable bonds is 50. The lowest BCUT2D eigenvalue weighted by Gasteiger charge is -2.18. The second-order valence-corrected chi connectivity index (χ2v) is 18.5. The molecule has 0 amide bonds. The Morgan fingerprint density at radius 3 is 0.954 bits per heavy atom. The third-order valence-corrected chi connectivity index (χ3v) is 12.0. The first-order chi connectivity index (χ1) is 32.0. The fourth-order valence-corrected chi connectivity index (χ4v) is 7.74. The van der Waals surface area contributed by atoms with Crippen LogP contribution in [-0.4, -0.2) is 37.2 Å². The van der Waals surface area contributed by atoms with Crippen LogP contribution in [0.2, 0.25) is 0 Å². The molecule has 0 N–H and O–H groups in total. The maximum atomic E-state index is 12.8. The maximum Gasteiger partial charge on any atom is 0.306 e. The summed E-state index contributed by atoms with van der Waals surface area (Å²) in [4.78, 5) is 38.1. The zero-order valence-corrected chi connectivity index (χ0v) is 43.0. The van der Waals surface area contributed by atoms with E-state index in [1.165, 1.54) is 161 Å². The van der Waals surface area contributed by atoms with Gasteiger partial charge in [0, 0.05) is 19.3 Å². The van der Waals surface area contributed by atoms with Crippen LogP contribution in [0, 0.1) is 0 Å². The summed E-state index contributed by atoms with van der Waals surface area (Å²) in [6, 6.07) is 0. The lowest BCUT2D eigenvalue weighted by molar-refractivity contribution is -0.167. The van der Waals surface area contributed by atoms with Crippen molar-refractivity contribution in [2.75, 3.05) is 13.2 Å². The van der Waals surface area contributed by atoms with Crippen molar-refractivity contribution in [1.82, 2.24) is 0 Å². The van der Waals surface area contributed by atoms with Crippen LogP contribution in [0.3, 0.4) is 0 Å². The number of carbonyl (C=O) groups excluding carboxylic acids is 3. The zero-order chi connectivity index (χ0) is 47.2. The molecule has 0 saturated carbocycles. The second-order valence-electron chi connectivity index (χ2n) is 18.5. The van der Waals surface area contributed by atoms with Crippen LogP contribution in [0.5, 0.6) is 0 Å². The Hall–Kier alpha value is -2.89. The summed E-state index contributed by atoms with van der Waals surface area (Å²) in [6.07, 6.45) is 66.4. The van der Waals surface area contributed by atoms with Crippen molar-refractivity contribution in [2.24, 2.45) is 0 Å². The quantitative estimate of drug-likeness (QED) is 0.0262. The molecule has 0 unspecified atom stereocenters. The number of hydrogen-bond acceptors (Lipinski definition) is 6. The van der Waals surface area contributed by atoms with Gasteiger partial charge in [-0.2, -0.15) is 0 Å². The van der Waals surface area contributed by atoms with Gasteiger partial charge in [-0.3, -0.25) is 14.4 Å². The Balaban J connectivity index is 4.46. The standard InChI is InChI=1S/C59H104O6/c1-4-7-10-13-16-19-22-25-28-29-32-34-37-40-43-46-49-52-58(61)64-55-56(65-59(62)53-50-47-44-41-38-35-31-27-24-21-18-15-12-9-6-3)54-63-57(60)51-48-45-42-39-36-33-30-26-23-20-17-14-11-8-5-2/h20,23,25,27-28,31-32,34,40,43,56H,4-19,21-22,24,26,29-30,33,35-39,41-42,44-55H2,1-3H3/b23-20-,28-25-,31-27-,34-32-,43-40-/t56-/m0/s1. The first-order valence-corrected chi connectivity index (χ1v) is 27.8. The number of esters is 3. The van der Waals surface area contributed by atoms with Gasteiger partial charge in [0.25, 0.3) is 0 Å². The first kappa shape index (κ1) is 62.1. The van der Waals surface area contributed by atoms with Gasteiger partial charge in [-0.1, -0.05) is 216 Å². The van der Waals surface area contributed by atoms with Gasteiger partial charge in [0.05, 0.1) is 0 Å². The average molecular weight is 909 g/mol. The molecule has 0 aliphatic heterocycles. The molecule has 0 aromatic heterocycles. The normalized spacial score (nSPS) is 12.5. The van der Waals surface area contributed by atoms with Crippen LogP contribution in [0.1, 0.15) is 278 Å². The van der Waals surface area contributed by atoms with Crippen molar-refractivity contribution in [3.8, 4) is 0 Å². The van der Waals surface area contributed by atoms with E-state index in [1.807, 2.05) is 0 Å². The molecule has 0 spiro atoms. The molecule has 1 atom stereocenters. The molecule has 0 saturated heterocycles. The van der Waals surface area contributed by atoms with Gasteiger partial charge in [0.1, 0.15) is 13.2 Å². The van der Waals surface area contributed by atoms with E-state index < -0.39 is 6.10 Å². The Kier molecular flexibility index (Phi) is 51.3. The highest BCUT2D eigenvalue weighted by Gasteiger charge is 2.19. The summed E-state index contributed by atoms with van der Waals surface area (Å²) in [6.45, 7) is 6.58. The Bertz CT molecular complexity index is 1180. The topological polar surface area (TPSA) is 78.9 Å². The van der Waals surface area contributed by atoms with Crippen LogP contribution >= 0.6 is 0 Å². The van der Waals surface area contributed by atoms with E-state index in [-0.39, 0.29) is 37.5 Å². The molecule has 0 fully saturated rings. The minimum atomic E-state index is -0.800. The molecule has 0 bridgehead atoms. The van der Waals surface area contributed by atoms with Gasteiger partial charge >= 0.3 is 17.9 Å². The van der Waals surface area contributed by atoms with Crippen LogP contribution in [0.4, 0.5) is 0 Å². The highest BCUT2D eigenvalue weighted by molar-refractivity contribution is 5.71. The summed E-state index contributed by atoms with van der Waals surface area (Å²) in [7, 11) is 0. The van der Waals surface area contributed by atoms with E-state index in [0.717, 1.165) is 70.6 Å². The van der Waals surface area contributed by atoms with Crippen molar-refractivity contribution in [3.05, 3.63) is 60.8 Å². The smallest absolute Gasteiger partial charge is 0.306 e. The average Bonchev–Trinajstić information content (AvgIpc) is 3.30. The monoisotopic (exact) mass is 909 g/mol. The molecule has 0 radical (unpaired) electrons. The van der Waals surface area contributed by atoms with Gasteiger partial charge in [0.2, 0.25) is 0 Å². The minimum Gasteiger partial charge on any atom is -0.462 e. The third kappa shape index (κ3) is 51.9. The van der Waals surface area contributed by atoms with Gasteiger partial charge in [-0.05, 0) is 103 Å². The van der Waals surface area contributed by atoms with Crippen LogP contribution in [0.15, 0.2) is 60.8 Å². The molecule has 6 nitrogen and oxygen atoms in total. The summed E-state index contributed by atoms with van der Waals surface area (Å²) in [5.74, 6) is -0.954. The number of hydrogen-bond donors (Lipinski definition) is 0. The molecule has 376 valence electrons. The Labute approximate surface area is 402 Å². The van der Waals surface area contributed by atoms with E-state index >= 15 is 0 Å². The Morgan fingerprint density at radius 1 is 0.308 bits per heavy atom. The fraction of sp³-hybridized carbons (Fsp3) is 0.780. The molecule has 0 aliphatic carbocycles. The van der Waals surface area contributed by atoms with E-state index in [9.17, 15) is 14.4 Å².